The maximum absolute atomic E-state index is 13.7. The number of hydrogen-bond donors (Lipinski definition) is 0. The van der Waals surface area contributed by atoms with Gasteiger partial charge in [0.15, 0.2) is 0 Å². The molecule has 4 aliphatic rings. The zero-order valence-corrected chi connectivity index (χ0v) is 22.0. The Kier molecular flexibility index (Phi) is 5.56. The summed E-state index contributed by atoms with van der Waals surface area (Å²) in [6.45, 7) is 0.0237. The first kappa shape index (κ1) is 23.7. The number of amides is 2. The molecule has 1 saturated heterocycles. The van der Waals surface area contributed by atoms with Gasteiger partial charge in [0, 0.05) is 11.0 Å². The van der Waals surface area contributed by atoms with Gasteiger partial charge < -0.3 is 4.74 Å². The molecule has 1 fully saturated rings. The first-order valence-corrected chi connectivity index (χ1v) is 13.2. The summed E-state index contributed by atoms with van der Waals surface area (Å²) in [6, 6.07) is 22.4. The quantitative estimate of drug-likeness (QED) is 0.226. The second kappa shape index (κ2) is 8.44. The molecule has 0 unspecified atom stereocenters. The molecule has 0 spiro atoms. The van der Waals surface area contributed by atoms with E-state index in [9.17, 15) is 14.4 Å². The highest BCUT2D eigenvalue weighted by atomic mass is 79.9. The molecule has 2 amide bonds. The molecule has 0 aromatic heterocycles. The van der Waals surface area contributed by atoms with Crippen molar-refractivity contribution in [1.29, 1.82) is 0 Å². The van der Waals surface area contributed by atoms with Gasteiger partial charge in [-0.15, -0.1) is 23.2 Å². The third-order valence-electron chi connectivity index (χ3n) is 7.53. The number of likely N-dealkylation sites (tertiary alicyclic amines) is 1. The highest BCUT2D eigenvalue weighted by molar-refractivity contribution is 9.10. The first-order valence-electron chi connectivity index (χ1n) is 11.6. The molecule has 3 aliphatic carbocycles. The minimum Gasteiger partial charge on any atom is -0.461 e. The standard InChI is InChI=1S/C28H20BrCl2NO4/c29-17-11-9-16(10-12-17)15-36-22(33)13-14-32-25(34)23-24(26(32)35)28(31)19-6-2-1-5-18(19)27(23,30)20-7-3-4-8-21(20)28/h1-12,23-24H,13-15H2/t23-,24+,27?,28?. The number of carbonyl (C=O) groups excluding carboxylic acids is 3. The van der Waals surface area contributed by atoms with E-state index in [0.29, 0.717) is 0 Å². The van der Waals surface area contributed by atoms with E-state index in [1.807, 2.05) is 72.8 Å². The van der Waals surface area contributed by atoms with Crippen LogP contribution in [0.15, 0.2) is 77.3 Å². The maximum atomic E-state index is 13.7. The predicted octanol–water partition coefficient (Wildman–Crippen LogP) is 5.48. The van der Waals surface area contributed by atoms with Gasteiger partial charge in [-0.25, -0.2) is 0 Å². The number of esters is 1. The normalized spacial score (nSPS) is 27.5. The number of benzene rings is 3. The van der Waals surface area contributed by atoms with Crippen molar-refractivity contribution in [3.8, 4) is 0 Å². The molecule has 1 aliphatic heterocycles. The smallest absolute Gasteiger partial charge is 0.307 e. The van der Waals surface area contributed by atoms with Gasteiger partial charge in [0.2, 0.25) is 11.8 Å². The van der Waals surface area contributed by atoms with Crippen molar-refractivity contribution >= 4 is 56.9 Å². The van der Waals surface area contributed by atoms with Crippen LogP contribution in [-0.4, -0.2) is 29.2 Å². The predicted molar refractivity (Wildman–Crippen MR) is 138 cm³/mol. The summed E-state index contributed by atoms with van der Waals surface area (Å²) in [7, 11) is 0. The molecule has 2 bridgehead atoms. The third kappa shape index (κ3) is 3.17. The number of alkyl halides is 2. The Balaban J connectivity index is 1.28. The topological polar surface area (TPSA) is 63.7 Å². The molecule has 7 rings (SSSR count). The van der Waals surface area contributed by atoms with Crippen molar-refractivity contribution in [1.82, 2.24) is 4.90 Å². The van der Waals surface area contributed by atoms with Crippen LogP contribution in [-0.2, 0) is 35.5 Å². The number of ether oxygens (including phenoxy) is 1. The van der Waals surface area contributed by atoms with Crippen LogP contribution < -0.4 is 0 Å². The summed E-state index contributed by atoms with van der Waals surface area (Å²) in [5.74, 6) is -3.05. The lowest BCUT2D eigenvalue weighted by molar-refractivity contribution is -0.146. The number of halogens is 3. The van der Waals surface area contributed by atoms with Crippen LogP contribution in [0.25, 0.3) is 0 Å². The minimum absolute atomic E-state index is 0.0868. The number of carbonyl (C=O) groups is 3. The van der Waals surface area contributed by atoms with Crippen molar-refractivity contribution < 1.29 is 19.1 Å². The highest BCUT2D eigenvalue weighted by Crippen LogP contribution is 2.69. The Morgan fingerprint density at radius 1 is 0.806 bits per heavy atom. The van der Waals surface area contributed by atoms with E-state index < -0.39 is 39.4 Å². The fraction of sp³-hybridized carbons (Fsp3) is 0.250. The summed E-state index contributed by atoms with van der Waals surface area (Å²) in [5, 5.41) is 0. The van der Waals surface area contributed by atoms with E-state index in [4.69, 9.17) is 27.9 Å². The van der Waals surface area contributed by atoms with E-state index >= 15 is 0 Å². The number of hydrogen-bond acceptors (Lipinski definition) is 4. The molecule has 182 valence electrons. The molecule has 36 heavy (non-hydrogen) atoms. The van der Waals surface area contributed by atoms with Gasteiger partial charge >= 0.3 is 5.97 Å². The summed E-state index contributed by atoms with van der Waals surface area (Å²) in [4.78, 5) is 38.6. The largest absolute Gasteiger partial charge is 0.461 e. The summed E-state index contributed by atoms with van der Waals surface area (Å²) >= 11 is 18.1. The number of rotatable bonds is 5. The Morgan fingerprint density at radius 3 is 1.69 bits per heavy atom. The lowest BCUT2D eigenvalue weighted by Gasteiger charge is -2.54. The van der Waals surface area contributed by atoms with E-state index in [1.54, 1.807) is 0 Å². The lowest BCUT2D eigenvalue weighted by atomic mass is 9.54. The van der Waals surface area contributed by atoms with Crippen molar-refractivity contribution in [2.45, 2.75) is 22.8 Å². The molecule has 8 heteroatoms. The molecule has 0 radical (unpaired) electrons. The Morgan fingerprint density at radius 2 is 1.25 bits per heavy atom. The van der Waals surface area contributed by atoms with Crippen LogP contribution in [0.2, 0.25) is 0 Å². The van der Waals surface area contributed by atoms with Crippen LogP contribution in [0.4, 0.5) is 0 Å². The molecule has 1 heterocycles. The van der Waals surface area contributed by atoms with E-state index in [2.05, 4.69) is 15.9 Å². The van der Waals surface area contributed by atoms with Crippen molar-refractivity contribution in [2.75, 3.05) is 6.54 Å². The van der Waals surface area contributed by atoms with Gasteiger partial charge in [0.25, 0.3) is 0 Å². The van der Waals surface area contributed by atoms with Gasteiger partial charge in [-0.1, -0.05) is 76.6 Å². The molecule has 0 saturated carbocycles. The van der Waals surface area contributed by atoms with Crippen LogP contribution in [0.1, 0.15) is 34.2 Å². The highest BCUT2D eigenvalue weighted by Gasteiger charge is 2.72. The van der Waals surface area contributed by atoms with Crippen LogP contribution in [0.5, 0.6) is 0 Å². The summed E-state index contributed by atoms with van der Waals surface area (Å²) < 4.78 is 6.29. The Hall–Kier alpha value is -2.67. The van der Waals surface area contributed by atoms with Crippen LogP contribution in [0, 0.1) is 11.8 Å². The molecular weight excluding hydrogens is 565 g/mol. The molecule has 3 aromatic rings. The first-order chi connectivity index (χ1) is 17.3. The van der Waals surface area contributed by atoms with Crippen molar-refractivity contribution in [2.24, 2.45) is 11.8 Å². The second-order valence-corrected chi connectivity index (χ2v) is 11.4. The van der Waals surface area contributed by atoms with E-state index in [-0.39, 0.29) is 19.6 Å². The average Bonchev–Trinajstić information content (AvgIpc) is 3.16. The molecule has 3 aromatic carbocycles. The number of nitrogens with zero attached hydrogens (tertiary/aromatic N) is 1. The molecular formula is C28H20BrCl2NO4. The summed E-state index contributed by atoms with van der Waals surface area (Å²) in [5.41, 5.74) is 3.83. The number of imide groups is 1. The van der Waals surface area contributed by atoms with E-state index in [1.165, 1.54) is 0 Å². The average molecular weight is 585 g/mol. The molecule has 5 nitrogen and oxygen atoms in total. The minimum atomic E-state index is -1.22. The van der Waals surface area contributed by atoms with Gasteiger partial charge in [0.1, 0.15) is 16.4 Å². The Labute approximate surface area is 226 Å². The van der Waals surface area contributed by atoms with Gasteiger partial charge in [0.05, 0.1) is 18.3 Å². The third-order valence-corrected chi connectivity index (χ3v) is 9.34. The van der Waals surface area contributed by atoms with Crippen molar-refractivity contribution in [3.05, 3.63) is 105 Å². The van der Waals surface area contributed by atoms with E-state index in [0.717, 1.165) is 37.2 Å². The summed E-state index contributed by atoms with van der Waals surface area (Å²) in [6.07, 6.45) is -0.113. The van der Waals surface area contributed by atoms with Crippen LogP contribution >= 0.6 is 39.1 Å². The maximum Gasteiger partial charge on any atom is 0.307 e. The zero-order valence-electron chi connectivity index (χ0n) is 18.9. The van der Waals surface area contributed by atoms with Crippen LogP contribution in [0.3, 0.4) is 0 Å². The molecule has 2 atom stereocenters. The van der Waals surface area contributed by atoms with Gasteiger partial charge in [-0.05, 0) is 39.9 Å². The fourth-order valence-electron chi connectivity index (χ4n) is 5.96. The zero-order chi connectivity index (χ0) is 25.2. The fourth-order valence-corrected chi connectivity index (χ4v) is 7.33. The monoisotopic (exact) mass is 583 g/mol. The Bertz CT molecular complexity index is 1300. The second-order valence-electron chi connectivity index (χ2n) is 9.34. The SMILES string of the molecule is O=C(CCN1C(=O)[C@@H]2[C@H](C1=O)C1(Cl)c3ccccc3C2(Cl)c2ccccc21)OCc1ccc(Br)cc1. The lowest BCUT2D eigenvalue weighted by Crippen LogP contribution is -2.57. The van der Waals surface area contributed by atoms with Gasteiger partial charge in [-0.3, -0.25) is 19.3 Å². The van der Waals surface area contributed by atoms with Crippen molar-refractivity contribution in [3.63, 3.8) is 0 Å². The molecule has 0 N–H and O–H groups in total. The van der Waals surface area contributed by atoms with Gasteiger partial charge in [-0.2, -0.15) is 0 Å².